The molecule has 3 rings (SSSR count). The summed E-state index contributed by atoms with van der Waals surface area (Å²) >= 11 is 0. The standard InChI is InChI=1S/C22H27N3O5/c1-4-24(14-15-6-11-20(30-5-2)21(12-15)29-3)22(26)16-7-10-18(23-17-8-9-17)19(13-16)25(27)28/h6-7,10-13,17,23H,4-5,8-9,14H2,1-3H3. The van der Waals surface area contributed by atoms with Gasteiger partial charge in [-0.15, -0.1) is 0 Å². The van der Waals surface area contributed by atoms with Crippen LogP contribution in [-0.4, -0.2) is 42.0 Å². The van der Waals surface area contributed by atoms with Crippen LogP contribution in [0.1, 0.15) is 42.6 Å². The maximum absolute atomic E-state index is 13.1. The second-order valence-electron chi connectivity index (χ2n) is 7.15. The summed E-state index contributed by atoms with van der Waals surface area (Å²) in [6.45, 7) is 5.12. The Morgan fingerprint density at radius 1 is 1.20 bits per heavy atom. The molecule has 1 saturated carbocycles. The zero-order chi connectivity index (χ0) is 21.7. The first-order valence-corrected chi connectivity index (χ1v) is 10.1. The van der Waals surface area contributed by atoms with E-state index in [1.807, 2.05) is 32.0 Å². The highest BCUT2D eigenvalue weighted by atomic mass is 16.6. The van der Waals surface area contributed by atoms with E-state index in [4.69, 9.17) is 9.47 Å². The number of rotatable bonds is 10. The Hall–Kier alpha value is -3.29. The fourth-order valence-electron chi connectivity index (χ4n) is 3.20. The molecule has 8 nitrogen and oxygen atoms in total. The van der Waals surface area contributed by atoms with E-state index in [1.54, 1.807) is 24.1 Å². The van der Waals surface area contributed by atoms with Crippen molar-refractivity contribution in [2.24, 2.45) is 0 Å². The van der Waals surface area contributed by atoms with Gasteiger partial charge in [0.1, 0.15) is 5.69 Å². The molecule has 0 unspecified atom stereocenters. The monoisotopic (exact) mass is 413 g/mol. The van der Waals surface area contributed by atoms with E-state index in [1.165, 1.54) is 6.07 Å². The Morgan fingerprint density at radius 2 is 1.97 bits per heavy atom. The van der Waals surface area contributed by atoms with Crippen molar-refractivity contribution >= 4 is 17.3 Å². The molecule has 160 valence electrons. The largest absolute Gasteiger partial charge is 0.493 e. The molecule has 2 aromatic carbocycles. The van der Waals surface area contributed by atoms with E-state index in [0.717, 1.165) is 18.4 Å². The predicted molar refractivity (Wildman–Crippen MR) is 114 cm³/mol. The molecular weight excluding hydrogens is 386 g/mol. The number of carbonyl (C=O) groups excluding carboxylic acids is 1. The number of carbonyl (C=O) groups is 1. The van der Waals surface area contributed by atoms with Crippen LogP contribution in [0.15, 0.2) is 36.4 Å². The lowest BCUT2D eigenvalue weighted by molar-refractivity contribution is -0.384. The van der Waals surface area contributed by atoms with E-state index in [-0.39, 0.29) is 17.6 Å². The number of nitrogens with one attached hydrogen (secondary N) is 1. The van der Waals surface area contributed by atoms with Crippen molar-refractivity contribution in [3.8, 4) is 11.5 Å². The summed E-state index contributed by atoms with van der Waals surface area (Å²) in [7, 11) is 1.57. The van der Waals surface area contributed by atoms with Crippen molar-refractivity contribution in [1.29, 1.82) is 0 Å². The van der Waals surface area contributed by atoms with Gasteiger partial charge in [0.15, 0.2) is 11.5 Å². The van der Waals surface area contributed by atoms with Crippen molar-refractivity contribution in [1.82, 2.24) is 4.90 Å². The highest BCUT2D eigenvalue weighted by Gasteiger charge is 2.26. The number of ether oxygens (including phenoxy) is 2. The van der Waals surface area contributed by atoms with Gasteiger partial charge in [0, 0.05) is 30.8 Å². The molecule has 0 aliphatic heterocycles. The minimum absolute atomic E-state index is 0.0773. The molecule has 1 N–H and O–H groups in total. The maximum atomic E-state index is 13.1. The number of benzene rings is 2. The molecule has 0 spiro atoms. The zero-order valence-electron chi connectivity index (χ0n) is 17.5. The quantitative estimate of drug-likeness (QED) is 0.463. The minimum atomic E-state index is -0.449. The van der Waals surface area contributed by atoms with Crippen molar-refractivity contribution in [3.63, 3.8) is 0 Å². The highest BCUT2D eigenvalue weighted by Crippen LogP contribution is 2.32. The number of hydrogen-bond acceptors (Lipinski definition) is 6. The first kappa shape index (κ1) is 21.4. The molecule has 0 atom stereocenters. The van der Waals surface area contributed by atoms with E-state index >= 15 is 0 Å². The summed E-state index contributed by atoms with van der Waals surface area (Å²) in [4.78, 5) is 25.7. The van der Waals surface area contributed by atoms with Gasteiger partial charge >= 0.3 is 0 Å². The van der Waals surface area contributed by atoms with Crippen LogP contribution in [0.3, 0.4) is 0 Å². The molecule has 1 amide bonds. The smallest absolute Gasteiger partial charge is 0.293 e. The SMILES string of the molecule is CCOc1ccc(CN(CC)C(=O)c2ccc(NC3CC3)c([N+](=O)[O-])c2)cc1OC. The van der Waals surface area contributed by atoms with Gasteiger partial charge in [-0.05, 0) is 56.5 Å². The van der Waals surface area contributed by atoms with Crippen LogP contribution < -0.4 is 14.8 Å². The first-order chi connectivity index (χ1) is 14.5. The molecule has 8 heteroatoms. The van der Waals surface area contributed by atoms with Gasteiger partial charge in [0.2, 0.25) is 0 Å². The lowest BCUT2D eigenvalue weighted by Gasteiger charge is -2.22. The van der Waals surface area contributed by atoms with Gasteiger partial charge in [0.25, 0.3) is 11.6 Å². The first-order valence-electron chi connectivity index (χ1n) is 10.1. The van der Waals surface area contributed by atoms with Gasteiger partial charge in [-0.25, -0.2) is 0 Å². The van der Waals surface area contributed by atoms with Crippen LogP contribution in [0.2, 0.25) is 0 Å². The number of nitro groups is 1. The van der Waals surface area contributed by atoms with Crippen LogP contribution in [0.5, 0.6) is 11.5 Å². The summed E-state index contributed by atoms with van der Waals surface area (Å²) < 4.78 is 10.9. The van der Waals surface area contributed by atoms with Gasteiger partial charge < -0.3 is 19.7 Å². The summed E-state index contributed by atoms with van der Waals surface area (Å²) in [6, 6.07) is 10.4. The molecule has 0 heterocycles. The molecule has 1 aliphatic carbocycles. The zero-order valence-corrected chi connectivity index (χ0v) is 17.5. The summed E-state index contributed by atoms with van der Waals surface area (Å²) in [6.07, 6.45) is 2.01. The third-order valence-electron chi connectivity index (χ3n) is 4.95. The van der Waals surface area contributed by atoms with E-state index < -0.39 is 4.92 Å². The Bertz CT molecular complexity index is 927. The van der Waals surface area contributed by atoms with Crippen molar-refractivity contribution in [2.45, 2.75) is 39.3 Å². The summed E-state index contributed by atoms with van der Waals surface area (Å²) in [5.74, 6) is 0.989. The second kappa shape index (κ2) is 9.47. The normalized spacial score (nSPS) is 12.9. The number of anilines is 1. The van der Waals surface area contributed by atoms with Crippen molar-refractivity contribution in [3.05, 3.63) is 57.6 Å². The Balaban J connectivity index is 1.80. The van der Waals surface area contributed by atoms with E-state index in [2.05, 4.69) is 5.32 Å². The third kappa shape index (κ3) is 5.00. The molecule has 0 aromatic heterocycles. The lowest BCUT2D eigenvalue weighted by Crippen LogP contribution is -2.30. The Morgan fingerprint density at radius 3 is 2.57 bits per heavy atom. The number of methoxy groups -OCH3 is 1. The number of hydrogen-bond donors (Lipinski definition) is 1. The molecule has 1 fully saturated rings. The van der Waals surface area contributed by atoms with Gasteiger partial charge in [-0.3, -0.25) is 14.9 Å². The summed E-state index contributed by atoms with van der Waals surface area (Å²) in [5, 5.41) is 14.7. The minimum Gasteiger partial charge on any atom is -0.493 e. The lowest BCUT2D eigenvalue weighted by atomic mass is 10.1. The van der Waals surface area contributed by atoms with Crippen molar-refractivity contribution in [2.75, 3.05) is 25.6 Å². The molecule has 0 bridgehead atoms. The topological polar surface area (TPSA) is 93.9 Å². The summed E-state index contributed by atoms with van der Waals surface area (Å²) in [5.41, 5.74) is 1.56. The van der Waals surface area contributed by atoms with Gasteiger partial charge in [-0.2, -0.15) is 0 Å². The van der Waals surface area contributed by atoms with Crippen LogP contribution in [0.4, 0.5) is 11.4 Å². The van der Waals surface area contributed by atoms with E-state index in [0.29, 0.717) is 42.4 Å². The highest BCUT2D eigenvalue weighted by molar-refractivity contribution is 5.95. The van der Waals surface area contributed by atoms with Gasteiger partial charge in [-0.1, -0.05) is 6.07 Å². The molecule has 2 aromatic rings. The molecular formula is C22H27N3O5. The third-order valence-corrected chi connectivity index (χ3v) is 4.95. The van der Waals surface area contributed by atoms with Crippen molar-refractivity contribution < 1.29 is 19.2 Å². The average Bonchev–Trinajstić information content (AvgIpc) is 3.56. The van der Waals surface area contributed by atoms with E-state index in [9.17, 15) is 14.9 Å². The Kier molecular flexibility index (Phi) is 6.76. The molecule has 0 radical (unpaired) electrons. The van der Waals surface area contributed by atoms with Crippen LogP contribution >= 0.6 is 0 Å². The number of nitrogens with zero attached hydrogens (tertiary/aromatic N) is 2. The van der Waals surface area contributed by atoms with Crippen LogP contribution in [-0.2, 0) is 6.54 Å². The van der Waals surface area contributed by atoms with Crippen LogP contribution in [0, 0.1) is 10.1 Å². The molecule has 0 saturated heterocycles. The fraction of sp³-hybridized carbons (Fsp3) is 0.409. The second-order valence-corrected chi connectivity index (χ2v) is 7.15. The Labute approximate surface area is 175 Å². The fourth-order valence-corrected chi connectivity index (χ4v) is 3.20. The average molecular weight is 413 g/mol. The van der Waals surface area contributed by atoms with Gasteiger partial charge in [0.05, 0.1) is 18.6 Å². The van der Waals surface area contributed by atoms with Crippen LogP contribution in [0.25, 0.3) is 0 Å². The molecule has 30 heavy (non-hydrogen) atoms. The number of nitro benzene ring substituents is 1. The predicted octanol–water partition coefficient (Wildman–Crippen LogP) is 4.24. The maximum Gasteiger partial charge on any atom is 0.293 e. The number of amides is 1. The molecule has 1 aliphatic rings.